The summed E-state index contributed by atoms with van der Waals surface area (Å²) >= 11 is 0. The molecule has 2 amide bonds. The van der Waals surface area contributed by atoms with Crippen LogP contribution in [0.15, 0.2) is 48.7 Å². The molecular weight excluding hydrogens is 314 g/mol. The van der Waals surface area contributed by atoms with Crippen molar-refractivity contribution in [1.82, 2.24) is 10.3 Å². The zero-order valence-corrected chi connectivity index (χ0v) is 14.9. The maximum Gasteiger partial charge on any atom is 0.269 e. The van der Waals surface area contributed by atoms with Crippen LogP contribution in [-0.4, -0.2) is 29.9 Å². The van der Waals surface area contributed by atoms with E-state index in [0.717, 1.165) is 24.9 Å². The fraction of sp³-hybridized carbons (Fsp3) is 0.350. The topological polar surface area (TPSA) is 62.3 Å². The highest BCUT2D eigenvalue weighted by Crippen LogP contribution is 2.16. The van der Waals surface area contributed by atoms with Gasteiger partial charge in [-0.05, 0) is 37.6 Å². The van der Waals surface area contributed by atoms with Crippen LogP contribution in [-0.2, 0) is 0 Å². The predicted molar refractivity (Wildman–Crippen MR) is 99.9 cm³/mol. The molecule has 5 heteroatoms. The quantitative estimate of drug-likeness (QED) is 0.747. The number of carbonyl (C=O) groups is 2. The molecule has 25 heavy (non-hydrogen) atoms. The molecule has 1 aromatic heterocycles. The van der Waals surface area contributed by atoms with Crippen LogP contribution in [0.5, 0.6) is 0 Å². The highest BCUT2D eigenvalue weighted by Gasteiger charge is 2.18. The molecule has 0 unspecified atom stereocenters. The number of anilines is 1. The minimum Gasteiger partial charge on any atom is -0.351 e. The fourth-order valence-corrected chi connectivity index (χ4v) is 2.56. The second-order valence-corrected chi connectivity index (χ2v) is 5.78. The summed E-state index contributed by atoms with van der Waals surface area (Å²) in [7, 11) is 0. The van der Waals surface area contributed by atoms with E-state index < -0.39 is 0 Å². The average molecular weight is 339 g/mol. The van der Waals surface area contributed by atoms with Gasteiger partial charge in [-0.25, -0.2) is 0 Å². The molecule has 0 spiro atoms. The van der Waals surface area contributed by atoms with Gasteiger partial charge in [-0.1, -0.05) is 38.0 Å². The predicted octanol–water partition coefficient (Wildman–Crippen LogP) is 3.67. The van der Waals surface area contributed by atoms with Gasteiger partial charge in [0.1, 0.15) is 5.69 Å². The maximum atomic E-state index is 12.8. The van der Waals surface area contributed by atoms with E-state index in [1.54, 1.807) is 17.0 Å². The van der Waals surface area contributed by atoms with Crippen LogP contribution in [0.4, 0.5) is 5.69 Å². The van der Waals surface area contributed by atoms with Crippen LogP contribution in [0.3, 0.4) is 0 Å². The third kappa shape index (κ3) is 5.14. The molecular formula is C20H25N3O2. The third-order valence-corrected chi connectivity index (χ3v) is 3.93. The van der Waals surface area contributed by atoms with Gasteiger partial charge in [0.05, 0.1) is 0 Å². The minimum atomic E-state index is -0.242. The van der Waals surface area contributed by atoms with Crippen molar-refractivity contribution >= 4 is 17.5 Å². The van der Waals surface area contributed by atoms with Crippen molar-refractivity contribution in [3.63, 3.8) is 0 Å². The van der Waals surface area contributed by atoms with Crippen molar-refractivity contribution in [3.8, 4) is 0 Å². The minimum absolute atomic E-state index is 0.142. The summed E-state index contributed by atoms with van der Waals surface area (Å²) in [5, 5.41) is 2.85. The highest BCUT2D eigenvalue weighted by atomic mass is 16.2. The zero-order valence-electron chi connectivity index (χ0n) is 14.9. The third-order valence-electron chi connectivity index (χ3n) is 3.93. The van der Waals surface area contributed by atoms with Gasteiger partial charge in [0, 0.05) is 30.5 Å². The summed E-state index contributed by atoms with van der Waals surface area (Å²) in [6.07, 6.45) is 4.63. The lowest BCUT2D eigenvalue weighted by Crippen LogP contribution is -2.31. The number of rotatable bonds is 8. The van der Waals surface area contributed by atoms with E-state index in [1.807, 2.05) is 37.3 Å². The van der Waals surface area contributed by atoms with Crippen molar-refractivity contribution in [2.24, 2.45) is 0 Å². The molecule has 0 radical (unpaired) electrons. The van der Waals surface area contributed by atoms with Gasteiger partial charge in [-0.3, -0.25) is 14.6 Å². The molecule has 0 aliphatic carbocycles. The molecule has 1 N–H and O–H groups in total. The largest absolute Gasteiger partial charge is 0.351 e. The number of para-hydroxylation sites is 1. The number of pyridine rings is 1. The molecule has 0 saturated heterocycles. The molecule has 132 valence electrons. The number of hydrogen-bond donors (Lipinski definition) is 1. The van der Waals surface area contributed by atoms with Crippen LogP contribution >= 0.6 is 0 Å². The molecule has 0 aliphatic heterocycles. The number of carbonyl (C=O) groups excluding carboxylic acids is 2. The van der Waals surface area contributed by atoms with Gasteiger partial charge < -0.3 is 10.2 Å². The van der Waals surface area contributed by atoms with Gasteiger partial charge in [0.25, 0.3) is 11.8 Å². The molecule has 2 aromatic rings. The van der Waals surface area contributed by atoms with Gasteiger partial charge in [0.2, 0.25) is 0 Å². The summed E-state index contributed by atoms with van der Waals surface area (Å²) in [6.45, 7) is 5.21. The summed E-state index contributed by atoms with van der Waals surface area (Å²) in [6, 6.07) is 12.7. The van der Waals surface area contributed by atoms with E-state index in [4.69, 9.17) is 0 Å². The Morgan fingerprint density at radius 1 is 1.08 bits per heavy atom. The van der Waals surface area contributed by atoms with Crippen molar-refractivity contribution in [3.05, 3.63) is 59.9 Å². The molecule has 0 saturated carbocycles. The molecule has 2 rings (SSSR count). The number of aromatic nitrogens is 1. The number of nitrogens with zero attached hydrogens (tertiary/aromatic N) is 2. The molecule has 5 nitrogen and oxygen atoms in total. The Bertz CT molecular complexity index is 701. The lowest BCUT2D eigenvalue weighted by Gasteiger charge is -2.21. The summed E-state index contributed by atoms with van der Waals surface area (Å²) in [5.41, 5.74) is 1.56. The Morgan fingerprint density at radius 3 is 2.52 bits per heavy atom. The maximum absolute atomic E-state index is 12.8. The molecule has 1 aromatic carbocycles. The van der Waals surface area contributed by atoms with E-state index in [-0.39, 0.29) is 17.5 Å². The second-order valence-electron chi connectivity index (χ2n) is 5.78. The van der Waals surface area contributed by atoms with Crippen LogP contribution < -0.4 is 10.2 Å². The second kappa shape index (κ2) is 9.57. The zero-order chi connectivity index (χ0) is 18.1. The molecule has 0 fully saturated rings. The monoisotopic (exact) mass is 339 g/mol. The van der Waals surface area contributed by atoms with Crippen molar-refractivity contribution in [1.29, 1.82) is 0 Å². The first-order chi connectivity index (χ1) is 12.2. The molecule has 0 bridgehead atoms. The lowest BCUT2D eigenvalue weighted by molar-refractivity contribution is 0.0948. The van der Waals surface area contributed by atoms with E-state index in [2.05, 4.69) is 17.2 Å². The smallest absolute Gasteiger partial charge is 0.269 e. The first-order valence-corrected chi connectivity index (χ1v) is 8.78. The Kier molecular flexibility index (Phi) is 7.14. The van der Waals surface area contributed by atoms with Crippen molar-refractivity contribution in [2.75, 3.05) is 18.0 Å². The van der Waals surface area contributed by atoms with Gasteiger partial charge in [-0.15, -0.1) is 0 Å². The van der Waals surface area contributed by atoms with E-state index >= 15 is 0 Å². The van der Waals surface area contributed by atoms with Crippen LogP contribution in [0, 0.1) is 0 Å². The number of benzene rings is 1. The highest BCUT2D eigenvalue weighted by molar-refractivity contribution is 6.07. The van der Waals surface area contributed by atoms with Crippen molar-refractivity contribution in [2.45, 2.75) is 33.1 Å². The van der Waals surface area contributed by atoms with Crippen molar-refractivity contribution < 1.29 is 9.59 Å². The van der Waals surface area contributed by atoms with E-state index in [9.17, 15) is 9.59 Å². The summed E-state index contributed by atoms with van der Waals surface area (Å²) in [4.78, 5) is 30.8. The van der Waals surface area contributed by atoms with Crippen LogP contribution in [0.25, 0.3) is 0 Å². The summed E-state index contributed by atoms with van der Waals surface area (Å²) in [5.74, 6) is -0.385. The number of hydrogen-bond acceptors (Lipinski definition) is 3. The molecule has 1 heterocycles. The van der Waals surface area contributed by atoms with Crippen LogP contribution in [0.1, 0.15) is 54.0 Å². The normalized spacial score (nSPS) is 10.3. The Morgan fingerprint density at radius 2 is 1.84 bits per heavy atom. The first-order valence-electron chi connectivity index (χ1n) is 8.78. The number of unbranched alkanes of at least 4 members (excludes halogenated alkanes) is 2. The van der Waals surface area contributed by atoms with Gasteiger partial charge in [0.15, 0.2) is 0 Å². The Balaban J connectivity index is 2.11. The number of nitrogens with one attached hydrogen (secondary N) is 1. The van der Waals surface area contributed by atoms with E-state index in [1.165, 1.54) is 6.20 Å². The lowest BCUT2D eigenvalue weighted by atomic mass is 10.1. The van der Waals surface area contributed by atoms with Crippen LogP contribution in [0.2, 0.25) is 0 Å². The molecule has 0 aliphatic rings. The Hall–Kier alpha value is -2.69. The van der Waals surface area contributed by atoms with E-state index in [0.29, 0.717) is 18.7 Å². The number of amides is 2. The average Bonchev–Trinajstić information content (AvgIpc) is 2.66. The van der Waals surface area contributed by atoms with Gasteiger partial charge in [-0.2, -0.15) is 0 Å². The first kappa shape index (κ1) is 18.6. The SMILES string of the molecule is CCCCCNC(=O)c1cc(C(=O)N(CC)c2ccccc2)ccn1. The summed E-state index contributed by atoms with van der Waals surface area (Å²) < 4.78 is 0. The fourth-order valence-electron chi connectivity index (χ4n) is 2.56. The standard InChI is InChI=1S/C20H25N3O2/c1-3-5-9-13-22-19(24)18-15-16(12-14-21-18)20(25)23(4-2)17-10-7-6-8-11-17/h6-8,10-12,14-15H,3-5,9,13H2,1-2H3,(H,22,24). The van der Waals surface area contributed by atoms with Gasteiger partial charge >= 0.3 is 0 Å². The Labute approximate surface area is 149 Å². The molecule has 0 atom stereocenters.